The zero-order valence-corrected chi connectivity index (χ0v) is 17.8. The Labute approximate surface area is 183 Å². The van der Waals surface area contributed by atoms with Gasteiger partial charge in [0.05, 0.1) is 23.8 Å². The van der Waals surface area contributed by atoms with Gasteiger partial charge in [0.1, 0.15) is 0 Å². The molecule has 0 fully saturated rings. The number of amides is 1. The highest BCUT2D eigenvalue weighted by molar-refractivity contribution is 7.14. The Bertz CT molecular complexity index is 1100. The number of ether oxygens (including phenoxy) is 2. The molecule has 1 aromatic carbocycles. The van der Waals surface area contributed by atoms with E-state index in [9.17, 15) is 9.59 Å². The smallest absolute Gasteiger partial charge is 0.345 e. The lowest BCUT2D eigenvalue weighted by Crippen LogP contribution is -2.16. The van der Waals surface area contributed by atoms with E-state index in [2.05, 4.69) is 15.5 Å². The third kappa shape index (κ3) is 4.97. The predicted octanol–water partition coefficient (Wildman–Crippen LogP) is 4.01. The number of carbonyl (C=O) groups is 2. The Morgan fingerprint density at radius 2 is 2.03 bits per heavy atom. The zero-order chi connectivity index (χ0) is 21.6. The minimum atomic E-state index is -0.529. The summed E-state index contributed by atoms with van der Waals surface area (Å²) in [4.78, 5) is 30.5. The Kier molecular flexibility index (Phi) is 6.37. The van der Waals surface area contributed by atoms with Crippen molar-refractivity contribution in [3.8, 4) is 11.5 Å². The average molecular weight is 436 g/mol. The van der Waals surface area contributed by atoms with Crippen LogP contribution in [0.3, 0.4) is 0 Å². The standard InChI is InChI=1S/C23H21N3O4S/c1-29-19-11-15(8-9-18(19)30-23(28)17-6-4-10-24-14-17)13-25-26-22(27)21-12-16-5-2-3-7-20(16)31-21/h4,6,8-14H,2-3,5,7H2,1H3,(H,26,27)/b25-13-. The molecule has 0 unspecified atom stereocenters. The number of nitrogens with one attached hydrogen (secondary N) is 1. The minimum Gasteiger partial charge on any atom is -0.493 e. The fourth-order valence-electron chi connectivity index (χ4n) is 3.31. The number of benzene rings is 1. The van der Waals surface area contributed by atoms with Crippen molar-refractivity contribution in [3.63, 3.8) is 0 Å². The van der Waals surface area contributed by atoms with Crippen LogP contribution in [0.5, 0.6) is 11.5 Å². The Balaban J connectivity index is 1.40. The number of carbonyl (C=O) groups excluding carboxylic acids is 2. The number of aryl methyl sites for hydroxylation is 2. The lowest BCUT2D eigenvalue weighted by Gasteiger charge is -2.09. The molecule has 31 heavy (non-hydrogen) atoms. The van der Waals surface area contributed by atoms with Gasteiger partial charge >= 0.3 is 5.97 Å². The van der Waals surface area contributed by atoms with Gasteiger partial charge in [-0.15, -0.1) is 11.3 Å². The van der Waals surface area contributed by atoms with Crippen molar-refractivity contribution in [3.05, 3.63) is 75.2 Å². The van der Waals surface area contributed by atoms with Crippen LogP contribution in [-0.2, 0) is 12.8 Å². The number of esters is 1. The summed E-state index contributed by atoms with van der Waals surface area (Å²) in [5.41, 5.74) is 4.88. The molecule has 1 amide bonds. The van der Waals surface area contributed by atoms with E-state index in [-0.39, 0.29) is 11.7 Å². The highest BCUT2D eigenvalue weighted by atomic mass is 32.1. The van der Waals surface area contributed by atoms with E-state index in [4.69, 9.17) is 9.47 Å². The van der Waals surface area contributed by atoms with Crippen molar-refractivity contribution in [1.82, 2.24) is 10.4 Å². The quantitative estimate of drug-likeness (QED) is 0.273. The molecule has 7 nitrogen and oxygen atoms in total. The van der Waals surface area contributed by atoms with Gasteiger partial charge in [0.25, 0.3) is 5.91 Å². The summed E-state index contributed by atoms with van der Waals surface area (Å²) in [7, 11) is 1.48. The summed E-state index contributed by atoms with van der Waals surface area (Å²) in [5.74, 6) is -0.0940. The van der Waals surface area contributed by atoms with Crippen LogP contribution in [0.15, 0.2) is 53.9 Å². The van der Waals surface area contributed by atoms with Crippen molar-refractivity contribution in [2.75, 3.05) is 7.11 Å². The maximum Gasteiger partial charge on any atom is 0.345 e. The van der Waals surface area contributed by atoms with Gasteiger partial charge in [-0.25, -0.2) is 10.2 Å². The number of hydrazone groups is 1. The number of hydrogen-bond acceptors (Lipinski definition) is 7. The van der Waals surface area contributed by atoms with Gasteiger partial charge in [-0.2, -0.15) is 5.10 Å². The maximum absolute atomic E-state index is 12.4. The van der Waals surface area contributed by atoms with E-state index in [1.807, 2.05) is 6.07 Å². The maximum atomic E-state index is 12.4. The molecule has 3 aromatic rings. The molecular weight excluding hydrogens is 414 g/mol. The number of pyridine rings is 1. The van der Waals surface area contributed by atoms with Crippen LogP contribution in [0, 0.1) is 0 Å². The van der Waals surface area contributed by atoms with Crippen molar-refractivity contribution in [1.29, 1.82) is 0 Å². The van der Waals surface area contributed by atoms with Crippen LogP contribution in [-0.4, -0.2) is 30.2 Å². The second-order valence-electron chi connectivity index (χ2n) is 7.01. The first kappa shape index (κ1) is 20.7. The van der Waals surface area contributed by atoms with Crippen molar-refractivity contribution in [2.24, 2.45) is 5.10 Å². The fraction of sp³-hybridized carbons (Fsp3) is 0.217. The highest BCUT2D eigenvalue weighted by Gasteiger charge is 2.17. The van der Waals surface area contributed by atoms with Gasteiger partial charge in [-0.1, -0.05) is 0 Å². The van der Waals surface area contributed by atoms with Gasteiger partial charge in [0.2, 0.25) is 0 Å². The number of methoxy groups -OCH3 is 1. The molecule has 1 aliphatic rings. The zero-order valence-electron chi connectivity index (χ0n) is 17.0. The number of rotatable bonds is 6. The molecule has 1 N–H and O–H groups in total. The summed E-state index contributed by atoms with van der Waals surface area (Å²) in [5, 5.41) is 4.05. The largest absolute Gasteiger partial charge is 0.493 e. The first-order chi connectivity index (χ1) is 15.1. The summed E-state index contributed by atoms with van der Waals surface area (Å²) in [6.45, 7) is 0. The molecule has 0 radical (unpaired) electrons. The Hall–Kier alpha value is -3.52. The Morgan fingerprint density at radius 3 is 2.81 bits per heavy atom. The topological polar surface area (TPSA) is 89.9 Å². The molecule has 0 bridgehead atoms. The lowest BCUT2D eigenvalue weighted by atomic mass is 9.99. The predicted molar refractivity (Wildman–Crippen MR) is 118 cm³/mol. The van der Waals surface area contributed by atoms with Crippen LogP contribution < -0.4 is 14.9 Å². The summed E-state index contributed by atoms with van der Waals surface area (Å²) >= 11 is 1.54. The van der Waals surface area contributed by atoms with E-state index in [1.54, 1.807) is 47.9 Å². The van der Waals surface area contributed by atoms with Crippen LogP contribution >= 0.6 is 11.3 Å². The first-order valence-electron chi connectivity index (χ1n) is 9.89. The van der Waals surface area contributed by atoms with Gasteiger partial charge < -0.3 is 9.47 Å². The van der Waals surface area contributed by atoms with E-state index < -0.39 is 5.97 Å². The van der Waals surface area contributed by atoms with Crippen molar-refractivity contribution < 1.29 is 19.1 Å². The second kappa shape index (κ2) is 9.53. The minimum absolute atomic E-state index is 0.218. The van der Waals surface area contributed by atoms with Gasteiger partial charge in [0, 0.05) is 17.3 Å². The van der Waals surface area contributed by atoms with Crippen LogP contribution in [0.2, 0.25) is 0 Å². The van der Waals surface area contributed by atoms with Crippen LogP contribution in [0.25, 0.3) is 0 Å². The number of nitrogens with zero attached hydrogens (tertiary/aromatic N) is 2. The van der Waals surface area contributed by atoms with Crippen molar-refractivity contribution in [2.45, 2.75) is 25.7 Å². The monoisotopic (exact) mass is 435 g/mol. The lowest BCUT2D eigenvalue weighted by molar-refractivity contribution is 0.0729. The summed E-state index contributed by atoms with van der Waals surface area (Å²) in [6, 6.07) is 10.3. The van der Waals surface area contributed by atoms with E-state index in [0.717, 1.165) is 12.8 Å². The Morgan fingerprint density at radius 1 is 1.16 bits per heavy atom. The molecule has 2 heterocycles. The molecule has 0 spiro atoms. The molecular formula is C23H21N3O4S. The third-order valence-corrected chi connectivity index (χ3v) is 6.12. The molecule has 2 aromatic heterocycles. The molecule has 0 atom stereocenters. The SMILES string of the molecule is COc1cc(/C=N\NC(=O)c2cc3c(s2)CCCC3)ccc1OC(=O)c1cccnc1. The molecule has 0 saturated carbocycles. The molecule has 8 heteroatoms. The van der Waals surface area contributed by atoms with Crippen LogP contribution in [0.1, 0.15) is 48.9 Å². The van der Waals surface area contributed by atoms with Gasteiger partial charge in [0.15, 0.2) is 11.5 Å². The summed E-state index contributed by atoms with van der Waals surface area (Å²) < 4.78 is 10.7. The van der Waals surface area contributed by atoms with E-state index in [1.165, 1.54) is 42.8 Å². The molecule has 0 saturated heterocycles. The highest BCUT2D eigenvalue weighted by Crippen LogP contribution is 2.30. The number of hydrogen-bond donors (Lipinski definition) is 1. The number of fused-ring (bicyclic) bond motifs is 1. The number of thiophene rings is 1. The number of aromatic nitrogens is 1. The molecule has 0 aliphatic heterocycles. The first-order valence-corrected chi connectivity index (χ1v) is 10.7. The van der Waals surface area contributed by atoms with Crippen molar-refractivity contribution >= 4 is 29.4 Å². The van der Waals surface area contributed by atoms with Gasteiger partial charge in [-0.3, -0.25) is 9.78 Å². The van der Waals surface area contributed by atoms with Gasteiger partial charge in [-0.05, 0) is 73.2 Å². The summed E-state index contributed by atoms with van der Waals surface area (Å²) in [6.07, 6.45) is 8.98. The van der Waals surface area contributed by atoms with Crippen LogP contribution in [0.4, 0.5) is 0 Å². The average Bonchev–Trinajstić information content (AvgIpc) is 3.25. The van der Waals surface area contributed by atoms with E-state index in [0.29, 0.717) is 21.8 Å². The third-order valence-electron chi connectivity index (χ3n) is 4.89. The molecule has 1 aliphatic carbocycles. The molecule has 158 valence electrons. The van der Waals surface area contributed by atoms with E-state index >= 15 is 0 Å². The normalized spacial score (nSPS) is 12.9. The molecule has 4 rings (SSSR count). The fourth-order valence-corrected chi connectivity index (χ4v) is 4.46. The second-order valence-corrected chi connectivity index (χ2v) is 8.14.